The van der Waals surface area contributed by atoms with Gasteiger partial charge in [0.15, 0.2) is 0 Å². The highest BCUT2D eigenvalue weighted by molar-refractivity contribution is 5.78. The molecule has 4 N–H and O–H groups in total. The number of amides is 1. The van der Waals surface area contributed by atoms with Gasteiger partial charge in [-0.1, -0.05) is 0 Å². The SMILES string of the molecule is NC(=O)C(O)CNCc1cnccn1. The number of aliphatic hydroxyl groups is 1. The van der Waals surface area contributed by atoms with Crippen molar-refractivity contribution in [3.8, 4) is 0 Å². The van der Waals surface area contributed by atoms with E-state index in [0.29, 0.717) is 6.54 Å². The fraction of sp³-hybridized carbons (Fsp3) is 0.375. The summed E-state index contributed by atoms with van der Waals surface area (Å²) in [6, 6.07) is 0. The molecule has 1 unspecified atom stereocenters. The second kappa shape index (κ2) is 5.25. The van der Waals surface area contributed by atoms with Crippen LogP contribution in [-0.2, 0) is 11.3 Å². The zero-order valence-corrected chi connectivity index (χ0v) is 7.55. The molecular weight excluding hydrogens is 184 g/mol. The molecule has 0 saturated carbocycles. The number of hydrogen-bond acceptors (Lipinski definition) is 5. The lowest BCUT2D eigenvalue weighted by molar-refractivity contribution is -0.125. The molecule has 6 nitrogen and oxygen atoms in total. The summed E-state index contributed by atoms with van der Waals surface area (Å²) < 4.78 is 0. The van der Waals surface area contributed by atoms with Crippen LogP contribution in [0.25, 0.3) is 0 Å². The molecule has 1 aromatic heterocycles. The van der Waals surface area contributed by atoms with Crippen LogP contribution < -0.4 is 11.1 Å². The van der Waals surface area contributed by atoms with Crippen LogP contribution in [0.4, 0.5) is 0 Å². The van der Waals surface area contributed by atoms with E-state index in [4.69, 9.17) is 10.8 Å². The van der Waals surface area contributed by atoms with Crippen molar-refractivity contribution in [3.05, 3.63) is 24.3 Å². The van der Waals surface area contributed by atoms with Crippen molar-refractivity contribution in [1.82, 2.24) is 15.3 Å². The molecule has 76 valence electrons. The average Bonchev–Trinajstić information content (AvgIpc) is 2.19. The quantitative estimate of drug-likeness (QED) is 0.527. The first-order valence-electron chi connectivity index (χ1n) is 4.13. The highest BCUT2D eigenvalue weighted by Gasteiger charge is 2.09. The minimum atomic E-state index is -1.16. The van der Waals surface area contributed by atoms with Crippen LogP contribution in [0.5, 0.6) is 0 Å². The lowest BCUT2D eigenvalue weighted by atomic mass is 10.3. The van der Waals surface area contributed by atoms with E-state index in [1.165, 1.54) is 0 Å². The Morgan fingerprint density at radius 1 is 1.64 bits per heavy atom. The van der Waals surface area contributed by atoms with Crippen molar-refractivity contribution in [3.63, 3.8) is 0 Å². The molecule has 1 heterocycles. The maximum Gasteiger partial charge on any atom is 0.247 e. The number of aliphatic hydroxyl groups excluding tert-OH is 1. The Kier molecular flexibility index (Phi) is 3.96. The van der Waals surface area contributed by atoms with Crippen molar-refractivity contribution >= 4 is 5.91 Å². The van der Waals surface area contributed by atoms with E-state index < -0.39 is 12.0 Å². The van der Waals surface area contributed by atoms with Crippen LogP contribution in [0.15, 0.2) is 18.6 Å². The molecule has 6 heteroatoms. The van der Waals surface area contributed by atoms with Gasteiger partial charge in [-0.3, -0.25) is 14.8 Å². The standard InChI is InChI=1S/C8H12N4O2/c9-8(14)7(13)5-11-4-6-3-10-1-2-12-6/h1-3,7,11,13H,4-5H2,(H2,9,14). The molecule has 0 radical (unpaired) electrons. The van der Waals surface area contributed by atoms with Crippen LogP contribution in [0.1, 0.15) is 5.69 Å². The molecule has 0 aliphatic heterocycles. The van der Waals surface area contributed by atoms with E-state index >= 15 is 0 Å². The van der Waals surface area contributed by atoms with E-state index in [2.05, 4.69) is 15.3 Å². The number of rotatable bonds is 5. The summed E-state index contributed by atoms with van der Waals surface area (Å²) in [7, 11) is 0. The number of hydrogen-bond donors (Lipinski definition) is 3. The number of aromatic nitrogens is 2. The van der Waals surface area contributed by atoms with Gasteiger partial charge in [-0.25, -0.2) is 0 Å². The normalized spacial score (nSPS) is 12.4. The molecule has 0 saturated heterocycles. The van der Waals surface area contributed by atoms with Gasteiger partial charge in [0.1, 0.15) is 6.10 Å². The maximum atomic E-state index is 10.4. The summed E-state index contributed by atoms with van der Waals surface area (Å²) in [6.07, 6.45) is 3.58. The Morgan fingerprint density at radius 3 is 3.00 bits per heavy atom. The van der Waals surface area contributed by atoms with Gasteiger partial charge in [0, 0.05) is 31.7 Å². The largest absolute Gasteiger partial charge is 0.382 e. The van der Waals surface area contributed by atoms with Gasteiger partial charge >= 0.3 is 0 Å². The topological polar surface area (TPSA) is 101 Å². The number of nitrogens with zero attached hydrogens (tertiary/aromatic N) is 2. The van der Waals surface area contributed by atoms with E-state index in [0.717, 1.165) is 5.69 Å². The molecule has 0 aromatic carbocycles. The van der Waals surface area contributed by atoms with Crippen LogP contribution in [0.2, 0.25) is 0 Å². The first kappa shape index (κ1) is 10.6. The van der Waals surface area contributed by atoms with Crippen molar-refractivity contribution in [2.75, 3.05) is 6.54 Å². The monoisotopic (exact) mass is 196 g/mol. The van der Waals surface area contributed by atoms with Gasteiger partial charge in [-0.05, 0) is 0 Å². The Hall–Kier alpha value is -1.53. The first-order chi connectivity index (χ1) is 6.70. The molecule has 0 spiro atoms. The van der Waals surface area contributed by atoms with Crippen LogP contribution >= 0.6 is 0 Å². The van der Waals surface area contributed by atoms with Crippen LogP contribution in [0.3, 0.4) is 0 Å². The predicted octanol–water partition coefficient (Wildman–Crippen LogP) is -1.59. The number of primary amides is 1. The second-order valence-electron chi connectivity index (χ2n) is 2.75. The smallest absolute Gasteiger partial charge is 0.247 e. The van der Waals surface area contributed by atoms with Gasteiger partial charge in [-0.2, -0.15) is 0 Å². The molecule has 0 fully saturated rings. The van der Waals surface area contributed by atoms with Gasteiger partial charge < -0.3 is 16.2 Å². The molecule has 1 rings (SSSR count). The van der Waals surface area contributed by atoms with Crippen LogP contribution in [0, 0.1) is 0 Å². The van der Waals surface area contributed by atoms with Crippen LogP contribution in [-0.4, -0.2) is 33.6 Å². The predicted molar refractivity (Wildman–Crippen MR) is 48.9 cm³/mol. The Balaban J connectivity index is 2.26. The van der Waals surface area contributed by atoms with Crippen molar-refractivity contribution in [2.45, 2.75) is 12.6 Å². The van der Waals surface area contributed by atoms with Crippen molar-refractivity contribution in [1.29, 1.82) is 0 Å². The molecule has 1 aromatic rings. The van der Waals surface area contributed by atoms with Gasteiger partial charge in [-0.15, -0.1) is 0 Å². The van der Waals surface area contributed by atoms with Gasteiger partial charge in [0.25, 0.3) is 0 Å². The molecule has 0 aliphatic carbocycles. The highest BCUT2D eigenvalue weighted by atomic mass is 16.3. The number of carbonyl (C=O) groups excluding carboxylic acids is 1. The zero-order valence-electron chi connectivity index (χ0n) is 7.55. The average molecular weight is 196 g/mol. The second-order valence-corrected chi connectivity index (χ2v) is 2.75. The minimum Gasteiger partial charge on any atom is -0.382 e. The Labute approximate surface area is 81.2 Å². The summed E-state index contributed by atoms with van der Waals surface area (Å²) in [5.41, 5.74) is 5.60. The molecular formula is C8H12N4O2. The van der Waals surface area contributed by atoms with E-state index in [9.17, 15) is 4.79 Å². The Bertz CT molecular complexity index is 291. The van der Waals surface area contributed by atoms with Gasteiger partial charge in [0.05, 0.1) is 5.69 Å². The molecule has 1 amide bonds. The maximum absolute atomic E-state index is 10.4. The van der Waals surface area contributed by atoms with E-state index in [1.54, 1.807) is 18.6 Å². The fourth-order valence-electron chi connectivity index (χ4n) is 0.859. The molecule has 0 bridgehead atoms. The Morgan fingerprint density at radius 2 is 2.43 bits per heavy atom. The highest BCUT2D eigenvalue weighted by Crippen LogP contribution is 1.88. The van der Waals surface area contributed by atoms with Crippen molar-refractivity contribution in [2.24, 2.45) is 5.73 Å². The first-order valence-corrected chi connectivity index (χ1v) is 4.13. The third-order valence-corrected chi connectivity index (χ3v) is 1.59. The van der Waals surface area contributed by atoms with E-state index in [-0.39, 0.29) is 6.54 Å². The molecule has 0 aliphatic rings. The summed E-state index contributed by atoms with van der Waals surface area (Å²) >= 11 is 0. The third kappa shape index (κ3) is 3.46. The summed E-state index contributed by atoms with van der Waals surface area (Å²) in [5, 5.41) is 11.9. The fourth-order valence-corrected chi connectivity index (χ4v) is 0.859. The van der Waals surface area contributed by atoms with E-state index in [1.807, 2.05) is 0 Å². The van der Waals surface area contributed by atoms with Crippen molar-refractivity contribution < 1.29 is 9.90 Å². The summed E-state index contributed by atoms with van der Waals surface area (Å²) in [6.45, 7) is 0.560. The third-order valence-electron chi connectivity index (χ3n) is 1.59. The van der Waals surface area contributed by atoms with Gasteiger partial charge in [0.2, 0.25) is 5.91 Å². The lowest BCUT2D eigenvalue weighted by Gasteiger charge is -2.07. The summed E-state index contributed by atoms with van der Waals surface area (Å²) in [4.78, 5) is 18.3. The number of nitrogens with two attached hydrogens (primary N) is 1. The molecule has 1 atom stereocenters. The number of carbonyl (C=O) groups is 1. The zero-order chi connectivity index (χ0) is 10.4. The summed E-state index contributed by atoms with van der Waals surface area (Å²) in [5.74, 6) is -0.739. The lowest BCUT2D eigenvalue weighted by Crippen LogP contribution is -2.37. The molecule has 14 heavy (non-hydrogen) atoms. The minimum absolute atomic E-state index is 0.117. The number of nitrogens with one attached hydrogen (secondary N) is 1.